The van der Waals surface area contributed by atoms with E-state index < -0.39 is 0 Å². The summed E-state index contributed by atoms with van der Waals surface area (Å²) in [6.45, 7) is 8.26. The van der Waals surface area contributed by atoms with E-state index in [0.717, 1.165) is 64.2 Å². The lowest BCUT2D eigenvalue weighted by atomic mass is 10.2. The number of piperazine rings is 2. The number of carbonyl (C=O) groups is 1. The van der Waals surface area contributed by atoms with E-state index in [4.69, 9.17) is 0 Å². The Kier molecular flexibility index (Phi) is 5.70. The Labute approximate surface area is 156 Å². The van der Waals surface area contributed by atoms with Crippen molar-refractivity contribution in [2.24, 2.45) is 0 Å². The molecule has 1 aromatic heterocycles. The average molecular weight is 358 g/mol. The Morgan fingerprint density at radius 2 is 1.69 bits per heavy atom. The lowest BCUT2D eigenvalue weighted by Crippen LogP contribution is -2.55. The maximum atomic E-state index is 12.7. The number of rotatable bonds is 4. The lowest BCUT2D eigenvalue weighted by Gasteiger charge is -2.40. The molecule has 1 amide bonds. The normalized spacial score (nSPS) is 23.5. The van der Waals surface area contributed by atoms with Gasteiger partial charge in [0.15, 0.2) is 0 Å². The third-order valence-electron chi connectivity index (χ3n) is 6.21. The van der Waals surface area contributed by atoms with Crippen LogP contribution in [0.25, 0.3) is 0 Å². The molecule has 142 valence electrons. The van der Waals surface area contributed by atoms with Gasteiger partial charge in [0.25, 0.3) is 0 Å². The quantitative estimate of drug-likeness (QED) is 0.812. The maximum absolute atomic E-state index is 12.7. The molecule has 1 saturated carbocycles. The summed E-state index contributed by atoms with van der Waals surface area (Å²) in [4.78, 5) is 26.4. The van der Waals surface area contributed by atoms with Gasteiger partial charge in [0.2, 0.25) is 5.91 Å². The second-order valence-electron chi connectivity index (χ2n) is 7.81. The van der Waals surface area contributed by atoms with E-state index >= 15 is 0 Å². The molecule has 1 aromatic rings. The van der Waals surface area contributed by atoms with Crippen LogP contribution in [-0.2, 0) is 4.79 Å². The van der Waals surface area contributed by atoms with Crippen molar-refractivity contribution in [2.75, 3.05) is 63.8 Å². The number of amides is 1. The molecule has 26 heavy (non-hydrogen) atoms. The molecule has 1 aliphatic carbocycles. The van der Waals surface area contributed by atoms with Crippen LogP contribution in [0, 0.1) is 0 Å². The zero-order valence-corrected chi connectivity index (χ0v) is 15.7. The molecule has 3 aliphatic rings. The van der Waals surface area contributed by atoms with Gasteiger partial charge in [0.05, 0.1) is 6.54 Å². The zero-order valence-electron chi connectivity index (χ0n) is 15.7. The van der Waals surface area contributed by atoms with Crippen molar-refractivity contribution in [3.63, 3.8) is 0 Å². The zero-order chi connectivity index (χ0) is 17.8. The predicted molar refractivity (Wildman–Crippen MR) is 103 cm³/mol. The highest BCUT2D eigenvalue weighted by molar-refractivity contribution is 5.78. The van der Waals surface area contributed by atoms with Gasteiger partial charge >= 0.3 is 0 Å². The van der Waals surface area contributed by atoms with Crippen molar-refractivity contribution in [3.05, 3.63) is 24.4 Å². The van der Waals surface area contributed by atoms with Gasteiger partial charge in [-0.15, -0.1) is 0 Å². The Bertz CT molecular complexity index is 573. The summed E-state index contributed by atoms with van der Waals surface area (Å²) in [5.74, 6) is 1.35. The SMILES string of the molecule is O=C(CN1CCN(c2ccccn2)CC1)N1CCN(C2CCCC2)CC1. The fourth-order valence-electron chi connectivity index (χ4n) is 4.57. The van der Waals surface area contributed by atoms with Crippen LogP contribution in [0.2, 0.25) is 0 Å². The Hall–Kier alpha value is -1.66. The smallest absolute Gasteiger partial charge is 0.236 e. The molecule has 3 heterocycles. The van der Waals surface area contributed by atoms with E-state index in [9.17, 15) is 4.79 Å². The second kappa shape index (κ2) is 8.35. The van der Waals surface area contributed by atoms with Crippen LogP contribution in [0.5, 0.6) is 0 Å². The first-order chi connectivity index (χ1) is 12.8. The van der Waals surface area contributed by atoms with Crippen molar-refractivity contribution in [3.8, 4) is 0 Å². The highest BCUT2D eigenvalue weighted by Gasteiger charge is 2.29. The summed E-state index contributed by atoms with van der Waals surface area (Å²) < 4.78 is 0. The van der Waals surface area contributed by atoms with E-state index in [1.165, 1.54) is 25.7 Å². The Balaban J connectivity index is 1.20. The molecular weight excluding hydrogens is 326 g/mol. The monoisotopic (exact) mass is 357 g/mol. The van der Waals surface area contributed by atoms with Crippen molar-refractivity contribution in [1.29, 1.82) is 0 Å². The van der Waals surface area contributed by atoms with Crippen LogP contribution in [0.4, 0.5) is 5.82 Å². The van der Waals surface area contributed by atoms with Crippen molar-refractivity contribution < 1.29 is 4.79 Å². The first kappa shape index (κ1) is 17.7. The fraction of sp³-hybridized carbons (Fsp3) is 0.700. The number of anilines is 1. The summed E-state index contributed by atoms with van der Waals surface area (Å²) in [5.41, 5.74) is 0. The minimum absolute atomic E-state index is 0.308. The summed E-state index contributed by atoms with van der Waals surface area (Å²) >= 11 is 0. The van der Waals surface area contributed by atoms with Crippen LogP contribution in [0.1, 0.15) is 25.7 Å². The number of aromatic nitrogens is 1. The van der Waals surface area contributed by atoms with E-state index in [1.807, 2.05) is 18.3 Å². The van der Waals surface area contributed by atoms with Gasteiger partial charge in [-0.2, -0.15) is 0 Å². The van der Waals surface area contributed by atoms with Crippen LogP contribution in [0.3, 0.4) is 0 Å². The molecule has 4 rings (SSSR count). The van der Waals surface area contributed by atoms with E-state index in [-0.39, 0.29) is 0 Å². The lowest BCUT2D eigenvalue weighted by molar-refractivity contribution is -0.134. The summed E-state index contributed by atoms with van der Waals surface area (Å²) in [5, 5.41) is 0. The summed E-state index contributed by atoms with van der Waals surface area (Å²) in [6, 6.07) is 6.82. The van der Waals surface area contributed by atoms with Crippen molar-refractivity contribution in [2.45, 2.75) is 31.7 Å². The first-order valence-electron chi connectivity index (χ1n) is 10.2. The third-order valence-corrected chi connectivity index (χ3v) is 6.21. The van der Waals surface area contributed by atoms with Gasteiger partial charge in [0, 0.05) is 64.6 Å². The summed E-state index contributed by atoms with van der Waals surface area (Å²) in [6.07, 6.45) is 7.32. The molecule has 0 N–H and O–H groups in total. The molecule has 6 heteroatoms. The van der Waals surface area contributed by atoms with E-state index in [1.54, 1.807) is 0 Å². The largest absolute Gasteiger partial charge is 0.354 e. The molecule has 6 nitrogen and oxygen atoms in total. The first-order valence-corrected chi connectivity index (χ1v) is 10.2. The van der Waals surface area contributed by atoms with Crippen LogP contribution in [0.15, 0.2) is 24.4 Å². The van der Waals surface area contributed by atoms with Crippen molar-refractivity contribution >= 4 is 11.7 Å². The molecule has 2 aliphatic heterocycles. The number of carbonyl (C=O) groups excluding carboxylic acids is 1. The van der Waals surface area contributed by atoms with Gasteiger partial charge in [-0.1, -0.05) is 18.9 Å². The van der Waals surface area contributed by atoms with Gasteiger partial charge in [-0.25, -0.2) is 4.98 Å². The van der Waals surface area contributed by atoms with Crippen molar-refractivity contribution in [1.82, 2.24) is 19.7 Å². The highest BCUT2D eigenvalue weighted by Crippen LogP contribution is 2.24. The maximum Gasteiger partial charge on any atom is 0.236 e. The van der Waals surface area contributed by atoms with E-state index in [0.29, 0.717) is 12.5 Å². The number of nitrogens with zero attached hydrogens (tertiary/aromatic N) is 5. The van der Waals surface area contributed by atoms with Crippen LogP contribution in [-0.4, -0.2) is 90.5 Å². The van der Waals surface area contributed by atoms with Gasteiger partial charge in [-0.3, -0.25) is 14.6 Å². The predicted octanol–water partition coefficient (Wildman–Crippen LogP) is 1.29. The molecule has 2 saturated heterocycles. The Morgan fingerprint density at radius 3 is 2.35 bits per heavy atom. The molecule has 0 radical (unpaired) electrons. The second-order valence-corrected chi connectivity index (χ2v) is 7.81. The number of hydrogen-bond donors (Lipinski definition) is 0. The summed E-state index contributed by atoms with van der Waals surface area (Å²) in [7, 11) is 0. The molecule has 0 unspecified atom stereocenters. The van der Waals surface area contributed by atoms with Gasteiger partial charge in [0.1, 0.15) is 5.82 Å². The minimum Gasteiger partial charge on any atom is -0.354 e. The number of hydrogen-bond acceptors (Lipinski definition) is 5. The van der Waals surface area contributed by atoms with E-state index in [2.05, 4.69) is 30.6 Å². The third kappa shape index (κ3) is 4.18. The van der Waals surface area contributed by atoms with Gasteiger partial charge < -0.3 is 9.80 Å². The van der Waals surface area contributed by atoms with Crippen LogP contribution < -0.4 is 4.90 Å². The average Bonchev–Trinajstić information content (AvgIpc) is 3.24. The Morgan fingerprint density at radius 1 is 0.962 bits per heavy atom. The fourth-order valence-corrected chi connectivity index (χ4v) is 4.57. The molecule has 0 spiro atoms. The molecule has 0 atom stereocenters. The highest BCUT2D eigenvalue weighted by atomic mass is 16.2. The van der Waals surface area contributed by atoms with Crippen LogP contribution >= 0.6 is 0 Å². The number of pyridine rings is 1. The van der Waals surface area contributed by atoms with Gasteiger partial charge in [-0.05, 0) is 25.0 Å². The molecule has 3 fully saturated rings. The standard InChI is InChI=1S/C20H31N5O/c26-20(25-15-13-23(14-16-25)18-5-1-2-6-18)17-22-9-11-24(12-10-22)19-7-3-4-8-21-19/h3-4,7-8,18H,1-2,5-6,9-17H2. The topological polar surface area (TPSA) is 42.9 Å². The molecule has 0 aromatic carbocycles. The minimum atomic E-state index is 0.308. The molecule has 0 bridgehead atoms. The molecular formula is C20H31N5O.